The van der Waals surface area contributed by atoms with E-state index in [9.17, 15) is 0 Å². The third kappa shape index (κ3) is 10.5. The molecule has 0 aliphatic heterocycles. The molecule has 0 spiro atoms. The van der Waals surface area contributed by atoms with Gasteiger partial charge in [-0.2, -0.15) is 0 Å². The Bertz CT molecular complexity index is 168. The smallest absolute Gasteiger partial charge is 0.0727 e. The standard InChI is InChI=1S/C15H31NO/c1-4-6-7-8-9-10-11-12-15(14(3)16)17-13-5-2/h5,14-15H,2,4,6-13,16H2,1,3H3/t14-,15+/m0/s1. The van der Waals surface area contributed by atoms with Crippen molar-refractivity contribution >= 4 is 0 Å². The first-order chi connectivity index (χ1) is 8.22. The van der Waals surface area contributed by atoms with E-state index < -0.39 is 0 Å². The summed E-state index contributed by atoms with van der Waals surface area (Å²) >= 11 is 0. The van der Waals surface area contributed by atoms with Crippen LogP contribution in [0.25, 0.3) is 0 Å². The molecule has 0 aromatic rings. The highest BCUT2D eigenvalue weighted by Gasteiger charge is 2.12. The highest BCUT2D eigenvalue weighted by atomic mass is 16.5. The Morgan fingerprint density at radius 2 is 1.71 bits per heavy atom. The first kappa shape index (κ1) is 16.7. The zero-order valence-corrected chi connectivity index (χ0v) is 11.8. The zero-order valence-electron chi connectivity index (χ0n) is 11.8. The maximum Gasteiger partial charge on any atom is 0.0727 e. The van der Waals surface area contributed by atoms with E-state index in [4.69, 9.17) is 10.5 Å². The van der Waals surface area contributed by atoms with Gasteiger partial charge in [0.1, 0.15) is 0 Å². The summed E-state index contributed by atoms with van der Waals surface area (Å²) in [4.78, 5) is 0. The second-order valence-corrected chi connectivity index (χ2v) is 4.93. The fraction of sp³-hybridized carbons (Fsp3) is 0.867. The molecule has 2 atom stereocenters. The molecule has 0 saturated carbocycles. The minimum absolute atomic E-state index is 0.120. The maximum atomic E-state index is 5.90. The lowest BCUT2D eigenvalue weighted by molar-refractivity contribution is 0.0507. The SMILES string of the molecule is C=CCO[C@H](CCCCCCCCC)[C@H](C)N. The fourth-order valence-electron chi connectivity index (χ4n) is 1.99. The Labute approximate surface area is 108 Å². The van der Waals surface area contributed by atoms with Gasteiger partial charge in [0.05, 0.1) is 12.7 Å². The van der Waals surface area contributed by atoms with Gasteiger partial charge in [-0.25, -0.2) is 0 Å². The third-order valence-corrected chi connectivity index (χ3v) is 3.11. The van der Waals surface area contributed by atoms with E-state index in [1.54, 1.807) is 6.08 Å². The molecular formula is C15H31NO. The van der Waals surface area contributed by atoms with Crippen LogP contribution in [0, 0.1) is 0 Å². The van der Waals surface area contributed by atoms with Crippen molar-refractivity contribution in [3.8, 4) is 0 Å². The number of nitrogens with two attached hydrogens (primary N) is 1. The van der Waals surface area contributed by atoms with Crippen LogP contribution in [0.3, 0.4) is 0 Å². The van der Waals surface area contributed by atoms with E-state index in [0.717, 1.165) is 6.42 Å². The van der Waals surface area contributed by atoms with Gasteiger partial charge in [-0.1, -0.05) is 57.9 Å². The summed E-state index contributed by atoms with van der Waals surface area (Å²) in [5.41, 5.74) is 5.90. The molecule has 0 bridgehead atoms. The van der Waals surface area contributed by atoms with Gasteiger partial charge in [-0.3, -0.25) is 0 Å². The lowest BCUT2D eigenvalue weighted by Gasteiger charge is -2.20. The van der Waals surface area contributed by atoms with E-state index >= 15 is 0 Å². The summed E-state index contributed by atoms with van der Waals surface area (Å²) in [6.07, 6.45) is 12.4. The van der Waals surface area contributed by atoms with Gasteiger partial charge in [0, 0.05) is 6.04 Å². The predicted octanol–water partition coefficient (Wildman–Crippen LogP) is 4.05. The molecule has 17 heavy (non-hydrogen) atoms. The quantitative estimate of drug-likeness (QED) is 0.413. The van der Waals surface area contributed by atoms with Gasteiger partial charge in [0.15, 0.2) is 0 Å². The summed E-state index contributed by atoms with van der Waals surface area (Å²) in [6, 6.07) is 0.120. The molecule has 0 amide bonds. The van der Waals surface area contributed by atoms with Crippen molar-refractivity contribution in [2.24, 2.45) is 5.73 Å². The van der Waals surface area contributed by atoms with Gasteiger partial charge in [-0.15, -0.1) is 6.58 Å². The van der Waals surface area contributed by atoms with Crippen molar-refractivity contribution in [2.75, 3.05) is 6.61 Å². The number of hydrogen-bond acceptors (Lipinski definition) is 2. The summed E-state index contributed by atoms with van der Waals surface area (Å²) in [5.74, 6) is 0. The largest absolute Gasteiger partial charge is 0.373 e. The Morgan fingerprint density at radius 1 is 1.12 bits per heavy atom. The Hall–Kier alpha value is -0.340. The van der Waals surface area contributed by atoms with Crippen molar-refractivity contribution in [3.63, 3.8) is 0 Å². The van der Waals surface area contributed by atoms with Gasteiger partial charge in [0.25, 0.3) is 0 Å². The van der Waals surface area contributed by atoms with Crippen LogP contribution in [0.5, 0.6) is 0 Å². The molecule has 0 unspecified atom stereocenters. The van der Waals surface area contributed by atoms with E-state index in [1.165, 1.54) is 44.9 Å². The second kappa shape index (κ2) is 12.1. The van der Waals surface area contributed by atoms with Crippen LogP contribution < -0.4 is 5.73 Å². The van der Waals surface area contributed by atoms with E-state index in [0.29, 0.717) is 6.61 Å². The maximum absolute atomic E-state index is 5.90. The molecule has 2 N–H and O–H groups in total. The summed E-state index contributed by atoms with van der Waals surface area (Å²) in [7, 11) is 0. The first-order valence-corrected chi connectivity index (χ1v) is 7.20. The Kier molecular flexibility index (Phi) is 11.9. The van der Waals surface area contributed by atoms with Crippen LogP contribution in [0.4, 0.5) is 0 Å². The number of rotatable bonds is 12. The topological polar surface area (TPSA) is 35.2 Å². The molecule has 2 nitrogen and oxygen atoms in total. The van der Waals surface area contributed by atoms with Crippen molar-refractivity contribution in [1.82, 2.24) is 0 Å². The van der Waals surface area contributed by atoms with E-state index in [-0.39, 0.29) is 12.1 Å². The van der Waals surface area contributed by atoms with Gasteiger partial charge < -0.3 is 10.5 Å². The summed E-state index contributed by atoms with van der Waals surface area (Å²) in [5, 5.41) is 0. The minimum atomic E-state index is 0.120. The van der Waals surface area contributed by atoms with Gasteiger partial charge >= 0.3 is 0 Å². The van der Waals surface area contributed by atoms with Crippen LogP contribution in [0.1, 0.15) is 65.2 Å². The molecule has 0 aromatic heterocycles. The van der Waals surface area contributed by atoms with Gasteiger partial charge in [0.2, 0.25) is 0 Å². The van der Waals surface area contributed by atoms with Crippen LogP contribution >= 0.6 is 0 Å². The van der Waals surface area contributed by atoms with Crippen molar-refractivity contribution in [2.45, 2.75) is 77.4 Å². The number of ether oxygens (including phenoxy) is 1. The monoisotopic (exact) mass is 241 g/mol. The molecular weight excluding hydrogens is 210 g/mol. The van der Waals surface area contributed by atoms with E-state index in [2.05, 4.69) is 13.5 Å². The zero-order chi connectivity index (χ0) is 12.9. The fourth-order valence-corrected chi connectivity index (χ4v) is 1.99. The summed E-state index contributed by atoms with van der Waals surface area (Å²) in [6.45, 7) is 8.56. The molecule has 0 aliphatic carbocycles. The predicted molar refractivity (Wildman–Crippen MR) is 76.2 cm³/mol. The molecule has 0 radical (unpaired) electrons. The highest BCUT2D eigenvalue weighted by Crippen LogP contribution is 2.12. The molecule has 0 aliphatic rings. The first-order valence-electron chi connectivity index (χ1n) is 7.20. The second-order valence-electron chi connectivity index (χ2n) is 4.93. The lowest BCUT2D eigenvalue weighted by atomic mass is 10.0. The van der Waals surface area contributed by atoms with Crippen LogP contribution in [-0.4, -0.2) is 18.8 Å². The molecule has 2 heteroatoms. The highest BCUT2D eigenvalue weighted by molar-refractivity contribution is 4.72. The average molecular weight is 241 g/mol. The normalized spacial score (nSPS) is 14.5. The molecule has 0 aromatic carbocycles. The number of hydrogen-bond donors (Lipinski definition) is 1. The van der Waals surface area contributed by atoms with Crippen molar-refractivity contribution in [3.05, 3.63) is 12.7 Å². The molecule has 102 valence electrons. The van der Waals surface area contributed by atoms with Crippen molar-refractivity contribution < 1.29 is 4.74 Å². The van der Waals surface area contributed by atoms with Crippen LogP contribution in [0.15, 0.2) is 12.7 Å². The third-order valence-electron chi connectivity index (χ3n) is 3.11. The molecule has 0 heterocycles. The van der Waals surface area contributed by atoms with Crippen molar-refractivity contribution in [1.29, 1.82) is 0 Å². The van der Waals surface area contributed by atoms with Crippen LogP contribution in [-0.2, 0) is 4.74 Å². The average Bonchev–Trinajstić information content (AvgIpc) is 2.31. The van der Waals surface area contributed by atoms with Gasteiger partial charge in [-0.05, 0) is 13.3 Å². The Balaban J connectivity index is 3.44. The lowest BCUT2D eigenvalue weighted by Crippen LogP contribution is -2.34. The Morgan fingerprint density at radius 3 is 2.24 bits per heavy atom. The molecule has 0 fully saturated rings. The summed E-state index contributed by atoms with van der Waals surface area (Å²) < 4.78 is 5.65. The molecule has 0 saturated heterocycles. The number of unbranched alkanes of at least 4 members (excludes halogenated alkanes) is 6. The minimum Gasteiger partial charge on any atom is -0.373 e. The van der Waals surface area contributed by atoms with Crippen LogP contribution in [0.2, 0.25) is 0 Å². The van der Waals surface area contributed by atoms with E-state index in [1.807, 2.05) is 6.92 Å². The molecule has 0 rings (SSSR count).